The molecule has 0 aliphatic carbocycles. The normalized spacial score (nSPS) is 10.6. The average Bonchev–Trinajstić information content (AvgIpc) is 2.58. The van der Waals surface area contributed by atoms with Gasteiger partial charge in [0.2, 0.25) is 0 Å². The summed E-state index contributed by atoms with van der Waals surface area (Å²) in [5.74, 6) is -1.71. The van der Waals surface area contributed by atoms with Crippen LogP contribution in [-0.2, 0) is 16.0 Å². The Kier molecular flexibility index (Phi) is 6.35. The number of hydrogen-bond donors (Lipinski definition) is 2. The van der Waals surface area contributed by atoms with Gasteiger partial charge in [-0.15, -0.1) is 0 Å². The molecule has 0 atom stereocenters. The molecule has 2 amide bonds. The number of nitrogens with one attached hydrogen (secondary N) is 2. The van der Waals surface area contributed by atoms with Crippen LogP contribution in [0.2, 0.25) is 10.0 Å². The van der Waals surface area contributed by atoms with E-state index < -0.39 is 11.8 Å². The van der Waals surface area contributed by atoms with E-state index in [-0.39, 0.29) is 0 Å². The minimum Gasteiger partial charge on any atom is -0.318 e. The van der Waals surface area contributed by atoms with E-state index in [2.05, 4.69) is 15.8 Å². The Bertz CT molecular complexity index is 754. The van der Waals surface area contributed by atoms with Crippen molar-refractivity contribution in [3.05, 3.63) is 63.6 Å². The van der Waals surface area contributed by atoms with Crippen molar-refractivity contribution < 1.29 is 9.59 Å². The molecule has 0 aliphatic rings. The first kappa shape index (κ1) is 18.0. The second-order valence-corrected chi connectivity index (χ2v) is 5.65. The van der Waals surface area contributed by atoms with Crippen molar-refractivity contribution >= 4 is 46.9 Å². The van der Waals surface area contributed by atoms with Crippen LogP contribution < -0.4 is 10.7 Å². The molecule has 124 valence electrons. The molecule has 0 aliphatic heterocycles. The Balaban J connectivity index is 1.94. The molecule has 7 heteroatoms. The maximum absolute atomic E-state index is 11.8. The summed E-state index contributed by atoms with van der Waals surface area (Å²) in [5, 5.41) is 6.97. The number of aryl methyl sites for hydroxylation is 1. The predicted octanol–water partition coefficient (Wildman–Crippen LogP) is 3.64. The van der Waals surface area contributed by atoms with Crippen LogP contribution in [0.3, 0.4) is 0 Å². The van der Waals surface area contributed by atoms with Crippen molar-refractivity contribution in [3.63, 3.8) is 0 Å². The second kappa shape index (κ2) is 8.47. The summed E-state index contributed by atoms with van der Waals surface area (Å²) >= 11 is 11.9. The van der Waals surface area contributed by atoms with Crippen molar-refractivity contribution in [2.45, 2.75) is 13.3 Å². The first-order valence-electron chi connectivity index (χ1n) is 7.18. The monoisotopic (exact) mass is 363 g/mol. The molecule has 5 nitrogen and oxygen atoms in total. The summed E-state index contributed by atoms with van der Waals surface area (Å²) < 4.78 is 0. The van der Waals surface area contributed by atoms with Crippen molar-refractivity contribution in [1.82, 2.24) is 5.43 Å². The highest BCUT2D eigenvalue weighted by Gasteiger charge is 2.13. The molecule has 0 radical (unpaired) electrons. The van der Waals surface area contributed by atoms with Crippen LogP contribution in [-0.4, -0.2) is 18.0 Å². The highest BCUT2D eigenvalue weighted by Crippen LogP contribution is 2.21. The third-order valence-electron chi connectivity index (χ3n) is 3.19. The fourth-order valence-corrected chi connectivity index (χ4v) is 2.35. The maximum atomic E-state index is 11.8. The van der Waals surface area contributed by atoms with Gasteiger partial charge in [0.05, 0.1) is 16.3 Å². The van der Waals surface area contributed by atoms with Gasteiger partial charge in [0.1, 0.15) is 0 Å². The van der Waals surface area contributed by atoms with Gasteiger partial charge in [-0.25, -0.2) is 5.43 Å². The largest absolute Gasteiger partial charge is 0.329 e. The number of benzene rings is 2. The molecule has 2 aromatic rings. The molecular weight excluding hydrogens is 349 g/mol. The number of anilines is 1. The zero-order valence-electron chi connectivity index (χ0n) is 12.8. The number of rotatable bonds is 4. The Hall–Kier alpha value is -2.37. The highest BCUT2D eigenvalue weighted by molar-refractivity contribution is 6.40. The average molecular weight is 364 g/mol. The van der Waals surface area contributed by atoms with Crippen molar-refractivity contribution in [2.24, 2.45) is 5.10 Å². The molecule has 2 N–H and O–H groups in total. The van der Waals surface area contributed by atoms with Gasteiger partial charge in [0, 0.05) is 11.3 Å². The van der Waals surface area contributed by atoms with Crippen LogP contribution in [0.25, 0.3) is 0 Å². The molecule has 24 heavy (non-hydrogen) atoms. The standard InChI is InChI=1S/C17H15Cl2N3O2/c1-2-11-6-8-12(9-7-11)21-16(23)17(24)22-20-10-13-14(18)4-3-5-15(13)19/h3-10H,2H2,1H3,(H,21,23)(H,22,24). The van der Waals surface area contributed by atoms with Crippen LogP contribution >= 0.6 is 23.2 Å². The second-order valence-electron chi connectivity index (χ2n) is 4.84. The fourth-order valence-electron chi connectivity index (χ4n) is 1.85. The van der Waals surface area contributed by atoms with Crippen molar-refractivity contribution in [2.75, 3.05) is 5.32 Å². The molecule has 0 spiro atoms. The molecule has 0 aromatic heterocycles. The summed E-state index contributed by atoms with van der Waals surface area (Å²) in [5.41, 5.74) is 4.26. The van der Waals surface area contributed by atoms with Crippen LogP contribution in [0, 0.1) is 0 Å². The maximum Gasteiger partial charge on any atom is 0.329 e. The number of amides is 2. The number of carbonyl (C=O) groups excluding carboxylic acids is 2. The molecule has 0 fully saturated rings. The number of hydrazone groups is 1. The molecule has 0 saturated heterocycles. The third-order valence-corrected chi connectivity index (χ3v) is 3.84. The zero-order valence-corrected chi connectivity index (χ0v) is 14.4. The van der Waals surface area contributed by atoms with Crippen LogP contribution in [0.4, 0.5) is 5.69 Å². The van der Waals surface area contributed by atoms with Crippen molar-refractivity contribution in [1.29, 1.82) is 0 Å². The first-order chi connectivity index (χ1) is 11.5. The van der Waals surface area contributed by atoms with E-state index in [9.17, 15) is 9.59 Å². The molecule has 2 rings (SSSR count). The molecular formula is C17H15Cl2N3O2. The number of hydrogen-bond acceptors (Lipinski definition) is 3. The molecule has 2 aromatic carbocycles. The Morgan fingerprint density at radius 1 is 1.04 bits per heavy atom. The van der Waals surface area contributed by atoms with Gasteiger partial charge in [-0.1, -0.05) is 48.3 Å². The summed E-state index contributed by atoms with van der Waals surface area (Å²) in [7, 11) is 0. The molecule has 0 unspecified atom stereocenters. The van der Waals surface area contributed by atoms with E-state index >= 15 is 0 Å². The fraction of sp³-hybridized carbons (Fsp3) is 0.118. The number of halogens is 2. The van der Waals surface area contributed by atoms with Gasteiger partial charge in [0.25, 0.3) is 0 Å². The summed E-state index contributed by atoms with van der Waals surface area (Å²) in [6.45, 7) is 2.03. The van der Waals surface area contributed by atoms with Gasteiger partial charge >= 0.3 is 11.8 Å². The van der Waals surface area contributed by atoms with Gasteiger partial charge < -0.3 is 5.32 Å². The van der Waals surface area contributed by atoms with Gasteiger partial charge in [0.15, 0.2) is 0 Å². The smallest absolute Gasteiger partial charge is 0.318 e. The Morgan fingerprint density at radius 3 is 2.25 bits per heavy atom. The van der Waals surface area contributed by atoms with E-state index in [1.54, 1.807) is 30.3 Å². The predicted molar refractivity (Wildman–Crippen MR) is 96.6 cm³/mol. The topological polar surface area (TPSA) is 70.6 Å². The van der Waals surface area contributed by atoms with E-state index in [4.69, 9.17) is 23.2 Å². The summed E-state index contributed by atoms with van der Waals surface area (Å²) in [6.07, 6.45) is 2.18. The SMILES string of the molecule is CCc1ccc(NC(=O)C(=O)NN=Cc2c(Cl)cccc2Cl)cc1. The quantitative estimate of drug-likeness (QED) is 0.494. The lowest BCUT2D eigenvalue weighted by atomic mass is 10.1. The minimum atomic E-state index is -0.894. The van der Waals surface area contributed by atoms with Crippen LogP contribution in [0.15, 0.2) is 47.6 Å². The van der Waals surface area contributed by atoms with Crippen LogP contribution in [0.1, 0.15) is 18.1 Å². The molecule has 0 heterocycles. The Morgan fingerprint density at radius 2 is 1.67 bits per heavy atom. The number of carbonyl (C=O) groups is 2. The van der Waals surface area contributed by atoms with Gasteiger partial charge in [-0.3, -0.25) is 9.59 Å². The number of nitrogens with zero attached hydrogens (tertiary/aromatic N) is 1. The van der Waals surface area contributed by atoms with E-state index in [0.29, 0.717) is 21.3 Å². The first-order valence-corrected chi connectivity index (χ1v) is 7.94. The summed E-state index contributed by atoms with van der Waals surface area (Å²) in [6, 6.07) is 12.2. The van der Waals surface area contributed by atoms with E-state index in [1.807, 2.05) is 19.1 Å². The van der Waals surface area contributed by atoms with E-state index in [0.717, 1.165) is 12.0 Å². The third kappa shape index (κ3) is 4.81. The lowest BCUT2D eigenvalue weighted by molar-refractivity contribution is -0.136. The van der Waals surface area contributed by atoms with Crippen molar-refractivity contribution in [3.8, 4) is 0 Å². The zero-order chi connectivity index (χ0) is 17.5. The van der Waals surface area contributed by atoms with Gasteiger partial charge in [-0.2, -0.15) is 5.10 Å². The molecule has 0 bridgehead atoms. The summed E-state index contributed by atoms with van der Waals surface area (Å²) in [4.78, 5) is 23.5. The van der Waals surface area contributed by atoms with E-state index in [1.165, 1.54) is 6.21 Å². The Labute approximate surface area is 149 Å². The van der Waals surface area contributed by atoms with Gasteiger partial charge in [-0.05, 0) is 36.2 Å². The highest BCUT2D eigenvalue weighted by atomic mass is 35.5. The lowest BCUT2D eigenvalue weighted by Crippen LogP contribution is -2.32. The molecule has 0 saturated carbocycles. The lowest BCUT2D eigenvalue weighted by Gasteiger charge is -2.05. The van der Waals surface area contributed by atoms with Crippen LogP contribution in [0.5, 0.6) is 0 Å². The minimum absolute atomic E-state index is 0.390.